The Kier molecular flexibility index (Phi) is 3.81. The van der Waals surface area contributed by atoms with Crippen molar-refractivity contribution in [2.45, 2.75) is 25.5 Å². The first-order valence-corrected chi connectivity index (χ1v) is 7.83. The van der Waals surface area contributed by atoms with Gasteiger partial charge in [-0.05, 0) is 5.92 Å². The smallest absolute Gasteiger partial charge is 0.296 e. The van der Waals surface area contributed by atoms with Crippen molar-refractivity contribution in [3.05, 3.63) is 18.7 Å². The molecule has 0 fully saturated rings. The van der Waals surface area contributed by atoms with E-state index in [-0.39, 0.29) is 11.1 Å². The SMILES string of the molecule is CC(C)Cn1c(-c2cncnc2)nnc1S(=O)(=O)Cl. The highest BCUT2D eigenvalue weighted by molar-refractivity contribution is 8.13. The summed E-state index contributed by atoms with van der Waals surface area (Å²) in [6.45, 7) is 4.34. The van der Waals surface area contributed by atoms with Gasteiger partial charge in [0.2, 0.25) is 0 Å². The Bertz CT molecular complexity index is 668. The molecule has 0 amide bonds. The predicted molar refractivity (Wildman–Crippen MR) is 68.9 cm³/mol. The normalized spacial score (nSPS) is 12.0. The monoisotopic (exact) mass is 301 g/mol. The lowest BCUT2D eigenvalue weighted by molar-refractivity contribution is 0.488. The summed E-state index contributed by atoms with van der Waals surface area (Å²) in [6.07, 6.45) is 4.46. The minimum Gasteiger partial charge on any atom is -0.296 e. The third-order valence-corrected chi connectivity index (χ3v) is 3.45. The van der Waals surface area contributed by atoms with E-state index in [9.17, 15) is 8.42 Å². The zero-order chi connectivity index (χ0) is 14.0. The molecule has 7 nitrogen and oxygen atoms in total. The summed E-state index contributed by atoms with van der Waals surface area (Å²) in [5.41, 5.74) is 0.585. The standard InChI is InChI=1S/C10H12ClN5O2S/c1-7(2)5-16-9(8-3-12-6-13-4-8)14-15-10(16)19(11,17)18/h3-4,6-7H,5H2,1-2H3. The fourth-order valence-electron chi connectivity index (χ4n) is 1.63. The van der Waals surface area contributed by atoms with Crippen molar-refractivity contribution in [1.29, 1.82) is 0 Å². The summed E-state index contributed by atoms with van der Waals surface area (Å²) in [4.78, 5) is 7.76. The van der Waals surface area contributed by atoms with Gasteiger partial charge < -0.3 is 0 Å². The topological polar surface area (TPSA) is 90.6 Å². The van der Waals surface area contributed by atoms with Gasteiger partial charge in [-0.25, -0.2) is 18.4 Å². The van der Waals surface area contributed by atoms with Crippen LogP contribution in [0.25, 0.3) is 11.4 Å². The summed E-state index contributed by atoms with van der Waals surface area (Å²) in [5, 5.41) is 7.27. The fourth-order valence-corrected chi connectivity index (χ4v) is 2.53. The van der Waals surface area contributed by atoms with Gasteiger partial charge in [0.05, 0.1) is 5.56 Å². The minimum atomic E-state index is -3.95. The molecule has 0 aliphatic heterocycles. The Morgan fingerprint density at radius 3 is 2.42 bits per heavy atom. The molecule has 0 saturated carbocycles. The van der Waals surface area contributed by atoms with E-state index in [4.69, 9.17) is 10.7 Å². The van der Waals surface area contributed by atoms with E-state index in [2.05, 4.69) is 20.2 Å². The molecule has 102 valence electrons. The first kappa shape index (κ1) is 13.9. The van der Waals surface area contributed by atoms with E-state index in [1.807, 2.05) is 13.8 Å². The van der Waals surface area contributed by atoms with Crippen molar-refractivity contribution < 1.29 is 8.42 Å². The molecular weight excluding hydrogens is 290 g/mol. The molecule has 0 atom stereocenters. The van der Waals surface area contributed by atoms with Gasteiger partial charge in [0.25, 0.3) is 14.2 Å². The molecule has 2 aromatic heterocycles. The second kappa shape index (κ2) is 5.22. The van der Waals surface area contributed by atoms with Gasteiger partial charge in [0.1, 0.15) is 6.33 Å². The van der Waals surface area contributed by atoms with Gasteiger partial charge in [-0.15, -0.1) is 10.2 Å². The second-order valence-electron chi connectivity index (χ2n) is 4.38. The summed E-state index contributed by atoms with van der Waals surface area (Å²) in [5.74, 6) is 0.588. The zero-order valence-electron chi connectivity index (χ0n) is 10.4. The Morgan fingerprint density at radius 2 is 1.89 bits per heavy atom. The second-order valence-corrected chi connectivity index (χ2v) is 6.84. The first-order valence-electron chi connectivity index (χ1n) is 5.53. The van der Waals surface area contributed by atoms with Gasteiger partial charge in [-0.3, -0.25) is 4.57 Å². The van der Waals surface area contributed by atoms with Crippen molar-refractivity contribution in [3.63, 3.8) is 0 Å². The van der Waals surface area contributed by atoms with Crippen LogP contribution in [0.5, 0.6) is 0 Å². The van der Waals surface area contributed by atoms with Crippen molar-refractivity contribution in [2.75, 3.05) is 0 Å². The molecule has 0 bridgehead atoms. The lowest BCUT2D eigenvalue weighted by Gasteiger charge is -2.10. The Labute approximate surface area is 115 Å². The molecule has 19 heavy (non-hydrogen) atoms. The molecule has 0 N–H and O–H groups in total. The largest absolute Gasteiger partial charge is 0.296 e. The molecule has 2 rings (SSSR count). The fraction of sp³-hybridized carbons (Fsp3) is 0.400. The van der Waals surface area contributed by atoms with E-state index >= 15 is 0 Å². The predicted octanol–water partition coefficient (Wildman–Crippen LogP) is 1.32. The van der Waals surface area contributed by atoms with Crippen molar-refractivity contribution >= 4 is 19.7 Å². The van der Waals surface area contributed by atoms with Gasteiger partial charge in [0, 0.05) is 29.6 Å². The molecular formula is C10H12ClN5O2S. The van der Waals surface area contributed by atoms with E-state index in [0.717, 1.165) is 0 Å². The van der Waals surface area contributed by atoms with Crippen LogP contribution in [0.2, 0.25) is 0 Å². The Morgan fingerprint density at radius 1 is 1.26 bits per heavy atom. The maximum atomic E-state index is 11.5. The molecule has 0 aliphatic carbocycles. The number of hydrogen-bond donors (Lipinski definition) is 0. The molecule has 0 unspecified atom stereocenters. The number of rotatable bonds is 4. The number of aromatic nitrogens is 5. The molecule has 0 saturated heterocycles. The molecule has 0 aliphatic rings. The molecule has 0 radical (unpaired) electrons. The van der Waals surface area contributed by atoms with E-state index in [1.165, 1.54) is 10.9 Å². The average molecular weight is 302 g/mol. The Hall–Kier alpha value is -1.54. The third kappa shape index (κ3) is 3.07. The lowest BCUT2D eigenvalue weighted by Crippen LogP contribution is -2.12. The average Bonchev–Trinajstić information content (AvgIpc) is 2.72. The lowest BCUT2D eigenvalue weighted by atomic mass is 10.2. The van der Waals surface area contributed by atoms with E-state index < -0.39 is 9.05 Å². The number of halogens is 1. The summed E-state index contributed by atoms with van der Waals surface area (Å²) < 4.78 is 24.4. The van der Waals surface area contributed by atoms with Gasteiger partial charge >= 0.3 is 0 Å². The number of hydrogen-bond acceptors (Lipinski definition) is 6. The van der Waals surface area contributed by atoms with Crippen LogP contribution in [0, 0.1) is 5.92 Å². The maximum Gasteiger partial charge on any atom is 0.296 e. The van der Waals surface area contributed by atoms with Crippen LogP contribution in [-0.2, 0) is 15.6 Å². The van der Waals surface area contributed by atoms with Gasteiger partial charge in [-0.2, -0.15) is 0 Å². The van der Waals surface area contributed by atoms with Gasteiger partial charge in [0.15, 0.2) is 5.82 Å². The van der Waals surface area contributed by atoms with Crippen LogP contribution < -0.4 is 0 Å². The quantitative estimate of drug-likeness (QED) is 0.791. The molecule has 2 heterocycles. The summed E-state index contributed by atoms with van der Waals surface area (Å²) in [6, 6.07) is 0. The third-order valence-electron chi connectivity index (χ3n) is 2.30. The molecule has 0 spiro atoms. The first-order chi connectivity index (χ1) is 8.89. The molecule has 2 aromatic rings. The van der Waals surface area contributed by atoms with Crippen LogP contribution in [0.15, 0.2) is 23.9 Å². The van der Waals surface area contributed by atoms with Crippen LogP contribution in [0.1, 0.15) is 13.8 Å². The maximum absolute atomic E-state index is 11.5. The summed E-state index contributed by atoms with van der Waals surface area (Å²) >= 11 is 0. The Balaban J connectivity index is 2.60. The van der Waals surface area contributed by atoms with Crippen LogP contribution in [0.3, 0.4) is 0 Å². The van der Waals surface area contributed by atoms with Crippen molar-refractivity contribution in [3.8, 4) is 11.4 Å². The zero-order valence-corrected chi connectivity index (χ0v) is 11.9. The minimum absolute atomic E-state index is 0.205. The van der Waals surface area contributed by atoms with Crippen molar-refractivity contribution in [1.82, 2.24) is 24.7 Å². The highest BCUT2D eigenvalue weighted by Crippen LogP contribution is 2.22. The highest BCUT2D eigenvalue weighted by Gasteiger charge is 2.23. The van der Waals surface area contributed by atoms with E-state index in [1.54, 1.807) is 12.4 Å². The summed E-state index contributed by atoms with van der Waals surface area (Å²) in [7, 11) is 1.42. The highest BCUT2D eigenvalue weighted by atomic mass is 35.7. The van der Waals surface area contributed by atoms with E-state index in [0.29, 0.717) is 17.9 Å². The van der Waals surface area contributed by atoms with Crippen molar-refractivity contribution in [2.24, 2.45) is 5.92 Å². The molecule has 0 aromatic carbocycles. The van der Waals surface area contributed by atoms with Crippen LogP contribution >= 0.6 is 10.7 Å². The molecule has 9 heteroatoms. The van der Waals surface area contributed by atoms with Crippen LogP contribution in [0.4, 0.5) is 0 Å². The number of nitrogens with zero attached hydrogens (tertiary/aromatic N) is 5. The van der Waals surface area contributed by atoms with Crippen LogP contribution in [-0.4, -0.2) is 33.2 Å². The van der Waals surface area contributed by atoms with Gasteiger partial charge in [-0.1, -0.05) is 13.8 Å².